The van der Waals surface area contributed by atoms with Crippen LogP contribution < -0.4 is 10.6 Å². The quantitative estimate of drug-likeness (QED) is 0.705. The van der Waals surface area contributed by atoms with Crippen LogP contribution in [-0.4, -0.2) is 41.6 Å². The molecule has 0 radical (unpaired) electrons. The molecule has 6 nitrogen and oxygen atoms in total. The van der Waals surface area contributed by atoms with Crippen LogP contribution in [0.25, 0.3) is 0 Å². The number of piperidine rings is 1. The lowest BCUT2D eigenvalue weighted by atomic mass is 10.1. The number of benzene rings is 1. The highest BCUT2D eigenvalue weighted by atomic mass is 35.5. The third-order valence-electron chi connectivity index (χ3n) is 4.46. The number of rotatable bonds is 7. The average molecular weight is 433 g/mol. The van der Waals surface area contributed by atoms with Gasteiger partial charge in [-0.1, -0.05) is 24.3 Å². The molecular weight excluding hydrogens is 409 g/mol. The molecule has 3 rings (SSSR count). The van der Waals surface area contributed by atoms with Crippen molar-refractivity contribution < 1.29 is 22.7 Å². The van der Waals surface area contributed by atoms with Crippen LogP contribution >= 0.6 is 12.4 Å². The summed E-state index contributed by atoms with van der Waals surface area (Å²) in [7, 11) is 0. The van der Waals surface area contributed by atoms with Gasteiger partial charge in [-0.05, 0) is 36.6 Å². The molecule has 160 valence electrons. The highest BCUT2D eigenvalue weighted by Crippen LogP contribution is 2.17. The van der Waals surface area contributed by atoms with Gasteiger partial charge in [-0.15, -0.1) is 12.4 Å². The number of carbonyl (C=O) groups is 1. The van der Waals surface area contributed by atoms with Gasteiger partial charge in [0, 0.05) is 19.3 Å². The standard InChI is InChI=1S/C19H23F3N4O2.ClH/c20-19(21,22)13-28-12-15-4-1-3-14(9-15)10-24-18(27)17-6-8-26(25-17)16-5-2-7-23-11-16;/h1,3-4,6,8-9,16,23H,2,5,7,10-13H2,(H,24,27);1H. The highest BCUT2D eigenvalue weighted by molar-refractivity contribution is 5.92. The Balaban J connectivity index is 0.00000300. The molecule has 1 unspecified atom stereocenters. The van der Waals surface area contributed by atoms with E-state index in [0.717, 1.165) is 31.5 Å². The Labute approximate surface area is 173 Å². The zero-order chi connectivity index (χ0) is 20.0. The van der Waals surface area contributed by atoms with Gasteiger partial charge in [0.05, 0.1) is 12.6 Å². The van der Waals surface area contributed by atoms with Crippen molar-refractivity contribution in [2.45, 2.75) is 38.2 Å². The van der Waals surface area contributed by atoms with Gasteiger partial charge < -0.3 is 15.4 Å². The number of nitrogens with zero attached hydrogens (tertiary/aromatic N) is 2. The lowest BCUT2D eigenvalue weighted by Gasteiger charge is -2.22. The number of carbonyl (C=O) groups excluding carboxylic acids is 1. The summed E-state index contributed by atoms with van der Waals surface area (Å²) < 4.78 is 42.9. The largest absolute Gasteiger partial charge is 0.411 e. The second kappa shape index (κ2) is 10.6. The van der Waals surface area contributed by atoms with Crippen LogP contribution in [0.5, 0.6) is 0 Å². The maximum Gasteiger partial charge on any atom is 0.411 e. The molecule has 1 atom stereocenters. The van der Waals surface area contributed by atoms with E-state index in [2.05, 4.69) is 20.5 Å². The highest BCUT2D eigenvalue weighted by Gasteiger charge is 2.27. The van der Waals surface area contributed by atoms with Crippen molar-refractivity contribution >= 4 is 18.3 Å². The molecule has 29 heavy (non-hydrogen) atoms. The van der Waals surface area contributed by atoms with Crippen LogP contribution in [0.1, 0.15) is 40.5 Å². The molecule has 2 heterocycles. The summed E-state index contributed by atoms with van der Waals surface area (Å²) in [6.45, 7) is 0.676. The second-order valence-corrected chi connectivity index (χ2v) is 6.79. The second-order valence-electron chi connectivity index (χ2n) is 6.79. The summed E-state index contributed by atoms with van der Waals surface area (Å²) in [6.07, 6.45) is -0.429. The van der Waals surface area contributed by atoms with Crippen LogP contribution in [0, 0.1) is 0 Å². The Morgan fingerprint density at radius 1 is 1.31 bits per heavy atom. The number of hydrogen-bond acceptors (Lipinski definition) is 4. The number of hydrogen-bond donors (Lipinski definition) is 2. The summed E-state index contributed by atoms with van der Waals surface area (Å²) in [5, 5.41) is 10.5. The maximum atomic E-state index is 12.3. The summed E-state index contributed by atoms with van der Waals surface area (Å²) in [4.78, 5) is 12.3. The van der Waals surface area contributed by atoms with E-state index in [1.807, 2.05) is 10.9 Å². The summed E-state index contributed by atoms with van der Waals surface area (Å²) in [6, 6.07) is 8.84. The smallest absolute Gasteiger partial charge is 0.367 e. The third-order valence-corrected chi connectivity index (χ3v) is 4.46. The Morgan fingerprint density at radius 3 is 2.83 bits per heavy atom. The number of ether oxygens (including phenoxy) is 1. The van der Waals surface area contributed by atoms with Crippen LogP contribution in [-0.2, 0) is 17.9 Å². The minimum Gasteiger partial charge on any atom is -0.367 e. The maximum absolute atomic E-state index is 12.3. The van der Waals surface area contributed by atoms with E-state index in [0.29, 0.717) is 11.3 Å². The molecule has 0 spiro atoms. The van der Waals surface area contributed by atoms with Crippen molar-refractivity contribution in [1.82, 2.24) is 20.4 Å². The number of aromatic nitrogens is 2. The van der Waals surface area contributed by atoms with Gasteiger partial charge in [0.25, 0.3) is 5.91 Å². The molecule has 1 aromatic carbocycles. The molecule has 0 aliphatic carbocycles. The molecule has 0 saturated carbocycles. The summed E-state index contributed by atoms with van der Waals surface area (Å²) >= 11 is 0. The average Bonchev–Trinajstić information content (AvgIpc) is 3.16. The lowest BCUT2D eigenvalue weighted by Crippen LogP contribution is -2.32. The van der Waals surface area contributed by atoms with Crippen molar-refractivity contribution in [3.63, 3.8) is 0 Å². The van der Waals surface area contributed by atoms with Crippen LogP contribution in [0.2, 0.25) is 0 Å². The predicted octanol–water partition coefficient (Wildman–Crippen LogP) is 3.24. The van der Waals surface area contributed by atoms with E-state index in [-0.39, 0.29) is 37.5 Å². The van der Waals surface area contributed by atoms with Crippen LogP contribution in [0.4, 0.5) is 13.2 Å². The van der Waals surface area contributed by atoms with E-state index >= 15 is 0 Å². The van der Waals surface area contributed by atoms with Crippen LogP contribution in [0.15, 0.2) is 36.5 Å². The van der Waals surface area contributed by atoms with E-state index in [1.165, 1.54) is 0 Å². The molecule has 1 fully saturated rings. The third kappa shape index (κ3) is 7.34. The van der Waals surface area contributed by atoms with Crippen molar-refractivity contribution in [1.29, 1.82) is 0 Å². The Morgan fingerprint density at radius 2 is 2.10 bits per heavy atom. The van der Waals surface area contributed by atoms with Crippen molar-refractivity contribution in [2.24, 2.45) is 0 Å². The molecule has 2 N–H and O–H groups in total. The molecule has 2 aromatic rings. The fourth-order valence-corrected chi connectivity index (χ4v) is 3.11. The lowest BCUT2D eigenvalue weighted by molar-refractivity contribution is -0.176. The predicted molar refractivity (Wildman–Crippen MR) is 104 cm³/mol. The van der Waals surface area contributed by atoms with Gasteiger partial charge in [-0.25, -0.2) is 0 Å². The first-order chi connectivity index (χ1) is 13.4. The van der Waals surface area contributed by atoms with E-state index in [4.69, 9.17) is 0 Å². The summed E-state index contributed by atoms with van der Waals surface area (Å²) in [5.74, 6) is -0.291. The number of halogens is 4. The Bertz CT molecular complexity index is 792. The molecule has 1 aliphatic rings. The van der Waals surface area contributed by atoms with Gasteiger partial charge in [0.15, 0.2) is 0 Å². The number of nitrogens with one attached hydrogen (secondary N) is 2. The van der Waals surface area contributed by atoms with Gasteiger partial charge in [-0.3, -0.25) is 9.48 Å². The minimum absolute atomic E-state index is 0. The van der Waals surface area contributed by atoms with Gasteiger partial charge >= 0.3 is 6.18 Å². The monoisotopic (exact) mass is 432 g/mol. The zero-order valence-corrected chi connectivity index (χ0v) is 16.6. The Kier molecular flexibility index (Phi) is 8.48. The molecular formula is C19H24ClF3N4O2. The zero-order valence-electron chi connectivity index (χ0n) is 15.7. The fraction of sp³-hybridized carbons (Fsp3) is 0.474. The molecule has 1 aromatic heterocycles. The topological polar surface area (TPSA) is 68.2 Å². The van der Waals surface area contributed by atoms with Gasteiger partial charge in [0.2, 0.25) is 0 Å². The normalized spacial score (nSPS) is 16.9. The van der Waals surface area contributed by atoms with Crippen LogP contribution in [0.3, 0.4) is 0 Å². The molecule has 1 saturated heterocycles. The first-order valence-corrected chi connectivity index (χ1v) is 9.17. The molecule has 10 heteroatoms. The van der Waals surface area contributed by atoms with Crippen molar-refractivity contribution in [3.8, 4) is 0 Å². The van der Waals surface area contributed by atoms with Gasteiger partial charge in [0.1, 0.15) is 12.3 Å². The fourth-order valence-electron chi connectivity index (χ4n) is 3.11. The first-order valence-electron chi connectivity index (χ1n) is 9.17. The van der Waals surface area contributed by atoms with E-state index in [9.17, 15) is 18.0 Å². The molecule has 1 amide bonds. The van der Waals surface area contributed by atoms with Crippen molar-refractivity contribution in [2.75, 3.05) is 19.7 Å². The first kappa shape index (κ1) is 23.2. The minimum atomic E-state index is -4.34. The number of amides is 1. The van der Waals surface area contributed by atoms with E-state index < -0.39 is 12.8 Å². The van der Waals surface area contributed by atoms with E-state index in [1.54, 1.807) is 30.3 Å². The summed E-state index contributed by atoms with van der Waals surface area (Å²) in [5.41, 5.74) is 1.73. The molecule has 1 aliphatic heterocycles. The SMILES string of the molecule is Cl.O=C(NCc1cccc(COCC(F)(F)F)c1)c1ccn(C2CCCNC2)n1. The Hall–Kier alpha value is -2.10. The number of alkyl halides is 3. The molecule has 0 bridgehead atoms. The van der Waals surface area contributed by atoms with Crippen molar-refractivity contribution in [3.05, 3.63) is 53.3 Å². The van der Waals surface area contributed by atoms with Gasteiger partial charge in [-0.2, -0.15) is 18.3 Å².